The van der Waals surface area contributed by atoms with E-state index in [1.54, 1.807) is 0 Å². The van der Waals surface area contributed by atoms with Crippen molar-refractivity contribution in [1.82, 2.24) is 19.6 Å². The van der Waals surface area contributed by atoms with Crippen LogP contribution in [0.5, 0.6) is 0 Å². The van der Waals surface area contributed by atoms with E-state index in [0.717, 1.165) is 51.9 Å². The van der Waals surface area contributed by atoms with Gasteiger partial charge >= 0.3 is 0 Å². The van der Waals surface area contributed by atoms with Gasteiger partial charge in [-0.2, -0.15) is 0 Å². The summed E-state index contributed by atoms with van der Waals surface area (Å²) in [6.45, 7) is 10.7. The molecule has 0 unspecified atom stereocenters. The van der Waals surface area contributed by atoms with Gasteiger partial charge in [-0.15, -0.1) is 0 Å². The van der Waals surface area contributed by atoms with Crippen LogP contribution >= 0.6 is 0 Å². The van der Waals surface area contributed by atoms with Gasteiger partial charge in [0, 0.05) is 39.3 Å². The van der Waals surface area contributed by atoms with Gasteiger partial charge in [0.25, 0.3) is 0 Å². The number of rotatable bonds is 14. The van der Waals surface area contributed by atoms with Crippen LogP contribution in [-0.4, -0.2) is 83.8 Å². The van der Waals surface area contributed by atoms with Gasteiger partial charge in [-0.3, -0.25) is 19.4 Å². The lowest BCUT2D eigenvalue weighted by molar-refractivity contribution is -0.141. The van der Waals surface area contributed by atoms with Gasteiger partial charge in [-0.25, -0.2) is 0 Å². The highest BCUT2D eigenvalue weighted by Gasteiger charge is 2.27. The zero-order valence-corrected chi connectivity index (χ0v) is 32.9. The Kier molecular flexibility index (Phi) is 10.2. The summed E-state index contributed by atoms with van der Waals surface area (Å²) in [5.74, 6) is 0.314. The fourth-order valence-electron chi connectivity index (χ4n) is 9.33. The first-order valence-corrected chi connectivity index (χ1v) is 20.8. The maximum atomic E-state index is 13.9. The number of unbranched alkanes of at least 4 members (excludes halogenated alkanes) is 2. The third-order valence-corrected chi connectivity index (χ3v) is 12.4. The van der Waals surface area contributed by atoms with Gasteiger partial charge in [0.15, 0.2) is 0 Å². The van der Waals surface area contributed by atoms with Crippen molar-refractivity contribution in [3.8, 4) is 0 Å². The minimum absolute atomic E-state index is 0.157. The molecule has 1 heterocycles. The van der Waals surface area contributed by atoms with Crippen LogP contribution in [0.3, 0.4) is 0 Å². The number of carbonyl (C=O) groups is 2. The average molecular weight is 741 g/mol. The van der Waals surface area contributed by atoms with Crippen LogP contribution in [0.1, 0.15) is 50.7 Å². The number of hydrogen-bond donors (Lipinski definition) is 0. The van der Waals surface area contributed by atoms with Crippen molar-refractivity contribution in [2.75, 3.05) is 52.4 Å². The number of piperazine rings is 1. The fourth-order valence-corrected chi connectivity index (χ4v) is 9.33. The minimum Gasteiger partial charge on any atom is -0.338 e. The summed E-state index contributed by atoms with van der Waals surface area (Å²) in [5.41, 5.74) is 2.54. The summed E-state index contributed by atoms with van der Waals surface area (Å²) in [6, 6.07) is 40.0. The molecule has 1 aliphatic rings. The molecule has 0 radical (unpaired) electrons. The van der Waals surface area contributed by atoms with Crippen LogP contribution in [0, 0.1) is 0 Å². The number of hydrogen-bond acceptors (Lipinski definition) is 4. The van der Waals surface area contributed by atoms with Crippen LogP contribution in [0.4, 0.5) is 0 Å². The Bertz CT molecular complexity index is 2440. The first kappa shape index (κ1) is 36.3. The van der Waals surface area contributed by atoms with Crippen molar-refractivity contribution >= 4 is 76.4 Å². The lowest BCUT2D eigenvalue weighted by atomic mass is 9.92. The molecular formula is C50H52N4O2. The Morgan fingerprint density at radius 3 is 1.18 bits per heavy atom. The molecule has 6 nitrogen and oxygen atoms in total. The molecule has 0 aliphatic carbocycles. The van der Waals surface area contributed by atoms with Crippen molar-refractivity contribution in [3.63, 3.8) is 0 Å². The van der Waals surface area contributed by atoms with Gasteiger partial charge in [-0.1, -0.05) is 136 Å². The van der Waals surface area contributed by atoms with Crippen LogP contribution < -0.4 is 0 Å². The molecule has 9 rings (SSSR count). The highest BCUT2D eigenvalue weighted by atomic mass is 16.2. The third-order valence-electron chi connectivity index (χ3n) is 12.4. The zero-order valence-electron chi connectivity index (χ0n) is 32.9. The lowest BCUT2D eigenvalue weighted by Crippen LogP contribution is -2.54. The summed E-state index contributed by atoms with van der Waals surface area (Å²) >= 11 is 0. The Morgan fingerprint density at radius 2 is 0.804 bits per heavy atom. The van der Waals surface area contributed by atoms with Crippen molar-refractivity contribution in [3.05, 3.63) is 120 Å². The molecule has 8 aromatic rings. The molecule has 0 atom stereocenters. The van der Waals surface area contributed by atoms with Gasteiger partial charge in [0.2, 0.25) is 11.8 Å². The average Bonchev–Trinajstić information content (AvgIpc) is 3.24. The number of benzene rings is 8. The highest BCUT2D eigenvalue weighted by Crippen LogP contribution is 2.38. The Labute approximate surface area is 329 Å². The molecule has 0 spiro atoms. The largest absolute Gasteiger partial charge is 0.338 e. The molecule has 0 saturated carbocycles. The van der Waals surface area contributed by atoms with Gasteiger partial charge in [0.1, 0.15) is 0 Å². The predicted molar refractivity (Wildman–Crippen MR) is 234 cm³/mol. The molecular weight excluding hydrogens is 689 g/mol. The van der Waals surface area contributed by atoms with Crippen LogP contribution in [-0.2, 0) is 22.7 Å². The van der Waals surface area contributed by atoms with E-state index in [1.807, 2.05) is 9.80 Å². The Morgan fingerprint density at radius 1 is 0.464 bits per heavy atom. The molecule has 1 fully saturated rings. The van der Waals surface area contributed by atoms with Gasteiger partial charge < -0.3 is 9.80 Å². The molecule has 1 aliphatic heterocycles. The lowest BCUT2D eigenvalue weighted by Gasteiger charge is -2.37. The number of amides is 2. The van der Waals surface area contributed by atoms with E-state index >= 15 is 0 Å². The summed E-state index contributed by atoms with van der Waals surface area (Å²) in [7, 11) is 0. The van der Waals surface area contributed by atoms with E-state index in [2.05, 4.69) is 133 Å². The van der Waals surface area contributed by atoms with E-state index in [1.165, 1.54) is 75.8 Å². The Balaban J connectivity index is 0.857. The van der Waals surface area contributed by atoms with Crippen LogP contribution in [0.25, 0.3) is 64.6 Å². The number of nitrogens with zero attached hydrogens (tertiary/aromatic N) is 4. The van der Waals surface area contributed by atoms with Crippen molar-refractivity contribution in [1.29, 1.82) is 0 Å². The topological polar surface area (TPSA) is 47.1 Å². The predicted octanol–water partition coefficient (Wildman–Crippen LogP) is 10.1. The highest BCUT2D eigenvalue weighted by molar-refractivity contribution is 6.24. The molecule has 8 aromatic carbocycles. The second kappa shape index (κ2) is 15.7. The maximum Gasteiger partial charge on any atom is 0.236 e. The molecule has 1 saturated heterocycles. The summed E-state index contributed by atoms with van der Waals surface area (Å²) in [6.07, 6.45) is 4.25. The van der Waals surface area contributed by atoms with E-state index < -0.39 is 0 Å². The van der Waals surface area contributed by atoms with Crippen LogP contribution in [0.15, 0.2) is 109 Å². The quantitative estimate of drug-likeness (QED) is 0.104. The molecule has 0 bridgehead atoms. The molecule has 56 heavy (non-hydrogen) atoms. The number of carbonyl (C=O) groups excluding carboxylic acids is 2. The van der Waals surface area contributed by atoms with Gasteiger partial charge in [-0.05, 0) is 102 Å². The van der Waals surface area contributed by atoms with Gasteiger partial charge in [0.05, 0.1) is 13.1 Å². The van der Waals surface area contributed by atoms with Crippen molar-refractivity contribution < 1.29 is 9.59 Å². The zero-order chi connectivity index (χ0) is 38.2. The molecule has 0 aromatic heterocycles. The summed E-state index contributed by atoms with van der Waals surface area (Å²) < 4.78 is 0. The summed E-state index contributed by atoms with van der Waals surface area (Å²) in [5, 5.41) is 15.5. The van der Waals surface area contributed by atoms with E-state index in [0.29, 0.717) is 39.3 Å². The second-order valence-electron chi connectivity index (χ2n) is 16.1. The normalized spacial score (nSPS) is 14.0. The molecule has 2 amide bonds. The maximum absolute atomic E-state index is 13.9. The summed E-state index contributed by atoms with van der Waals surface area (Å²) in [4.78, 5) is 36.4. The Hall–Kier alpha value is -5.30. The van der Waals surface area contributed by atoms with E-state index in [4.69, 9.17) is 0 Å². The second-order valence-corrected chi connectivity index (χ2v) is 16.1. The molecule has 0 N–H and O–H groups in total. The third kappa shape index (κ3) is 6.90. The van der Waals surface area contributed by atoms with Crippen molar-refractivity contribution in [2.24, 2.45) is 0 Å². The van der Waals surface area contributed by atoms with E-state index in [-0.39, 0.29) is 11.8 Å². The molecule has 284 valence electrons. The minimum atomic E-state index is 0.157. The smallest absolute Gasteiger partial charge is 0.236 e. The SMILES string of the molecule is CCCCN(CC(=O)N1CCN(C(=O)CN(CCCC)Cc2ccc3ccc4cccc5ccc2c3c45)CC1)Cc1ccc2ccc3cccc4ccc1c2c34. The van der Waals surface area contributed by atoms with E-state index in [9.17, 15) is 9.59 Å². The van der Waals surface area contributed by atoms with Crippen LogP contribution in [0.2, 0.25) is 0 Å². The van der Waals surface area contributed by atoms with Crippen molar-refractivity contribution in [2.45, 2.75) is 52.6 Å². The first-order chi connectivity index (χ1) is 27.5. The fraction of sp³-hybridized carbons (Fsp3) is 0.320. The standard InChI is InChI=1S/C50H52N4O2/c1-3-5-25-51(31-41-19-17-39-15-13-35-9-7-11-37-21-23-43(41)49(39)47(35)37)33-45(55)53-27-29-54(30-28-53)46(56)34-52(26-6-4-2)32-42-20-18-40-16-14-36-10-8-12-38-22-24-44(42)50(40)48(36)38/h7-24H,3-6,25-34H2,1-2H3. The monoisotopic (exact) mass is 740 g/mol. The first-order valence-electron chi connectivity index (χ1n) is 20.8. The molecule has 6 heteroatoms.